The highest BCUT2D eigenvalue weighted by molar-refractivity contribution is 14.1. The third kappa shape index (κ3) is 2.68. The fraction of sp³-hybridized carbons (Fsp3) is 0.375. The number of aromatic hydroxyl groups is 2. The summed E-state index contributed by atoms with van der Waals surface area (Å²) in [7, 11) is 0. The molecule has 7 nitrogen and oxygen atoms in total. The van der Waals surface area contributed by atoms with Gasteiger partial charge in [0.25, 0.3) is 0 Å². The van der Waals surface area contributed by atoms with Crippen molar-refractivity contribution in [3.8, 4) is 17.2 Å². The summed E-state index contributed by atoms with van der Waals surface area (Å²) in [4.78, 5) is 10.9. The summed E-state index contributed by atoms with van der Waals surface area (Å²) in [6, 6.07) is 2.69. The van der Waals surface area contributed by atoms with Crippen molar-refractivity contribution in [1.82, 2.24) is 0 Å². The molecule has 8 heteroatoms. The number of ether oxygens (including phenoxy) is 1. The van der Waals surface area contributed by atoms with Crippen LogP contribution in [-0.2, 0) is 6.42 Å². The smallest absolute Gasteiger partial charge is 0.183 e. The standard InChI is InChI=1S/C16H16INO6/c1-6-2-8-11(20)3-7(19)4-12(8)24-16(6)9-5-10(18-23)14(21)15(22)13(9)17/h3-6,9,13,16,19-22H,2H2,1H3/t6-,9?,13?,16-/m1/s1. The van der Waals surface area contributed by atoms with E-state index in [2.05, 4.69) is 5.18 Å². The minimum Gasteiger partial charge on any atom is -0.508 e. The molecule has 2 unspecified atom stereocenters. The molecule has 0 saturated carbocycles. The van der Waals surface area contributed by atoms with Gasteiger partial charge >= 0.3 is 0 Å². The van der Waals surface area contributed by atoms with Crippen LogP contribution in [0.4, 0.5) is 0 Å². The number of rotatable bonds is 2. The Kier molecular flexibility index (Phi) is 4.33. The van der Waals surface area contributed by atoms with Gasteiger partial charge in [-0.05, 0) is 23.6 Å². The van der Waals surface area contributed by atoms with E-state index in [9.17, 15) is 25.3 Å². The van der Waals surface area contributed by atoms with Crippen LogP contribution in [0.3, 0.4) is 0 Å². The lowest BCUT2D eigenvalue weighted by Crippen LogP contribution is -2.42. The van der Waals surface area contributed by atoms with E-state index < -0.39 is 21.7 Å². The maximum Gasteiger partial charge on any atom is 0.183 e. The Morgan fingerprint density at radius 1 is 1.25 bits per heavy atom. The molecule has 4 atom stereocenters. The van der Waals surface area contributed by atoms with Crippen molar-refractivity contribution < 1.29 is 25.2 Å². The number of phenols is 2. The first-order valence-corrected chi connectivity index (χ1v) is 8.61. The van der Waals surface area contributed by atoms with Crippen LogP contribution >= 0.6 is 22.6 Å². The van der Waals surface area contributed by atoms with Crippen LogP contribution in [0.5, 0.6) is 17.2 Å². The predicted octanol–water partition coefficient (Wildman–Crippen LogP) is 3.45. The van der Waals surface area contributed by atoms with Crippen molar-refractivity contribution in [3.63, 3.8) is 0 Å². The fourth-order valence-corrected chi connectivity index (χ4v) is 4.12. The van der Waals surface area contributed by atoms with Crippen LogP contribution in [-0.4, -0.2) is 30.5 Å². The van der Waals surface area contributed by atoms with Crippen LogP contribution in [0.25, 0.3) is 0 Å². The second-order valence-corrected chi connectivity index (χ2v) is 7.40. The van der Waals surface area contributed by atoms with Gasteiger partial charge in [-0.2, -0.15) is 0 Å². The monoisotopic (exact) mass is 445 g/mol. The van der Waals surface area contributed by atoms with Crippen molar-refractivity contribution >= 4 is 22.6 Å². The van der Waals surface area contributed by atoms with Crippen molar-refractivity contribution in [2.24, 2.45) is 17.0 Å². The Labute approximate surface area is 151 Å². The number of phenolic OH excluding ortho intramolecular Hbond substituents is 2. The van der Waals surface area contributed by atoms with Gasteiger partial charge in [0.05, 0.1) is 3.92 Å². The van der Waals surface area contributed by atoms with E-state index in [0.717, 1.165) is 0 Å². The SMILES string of the molecule is C[C@@H]1Cc2c(O)cc(O)cc2O[C@H]1C1C=C(N=O)C(O)=C(O)C1I. The number of allylic oxidation sites excluding steroid dienone is 1. The zero-order valence-corrected chi connectivity index (χ0v) is 14.8. The summed E-state index contributed by atoms with van der Waals surface area (Å²) in [5, 5.41) is 42.2. The summed E-state index contributed by atoms with van der Waals surface area (Å²) in [6.45, 7) is 1.93. The highest BCUT2D eigenvalue weighted by Gasteiger charge is 2.42. The summed E-state index contributed by atoms with van der Waals surface area (Å²) in [5.41, 5.74) is 0.392. The number of fused-ring (bicyclic) bond motifs is 1. The molecule has 1 heterocycles. The van der Waals surface area contributed by atoms with Crippen molar-refractivity contribution in [1.29, 1.82) is 0 Å². The van der Waals surface area contributed by atoms with Crippen LogP contribution in [0, 0.1) is 16.7 Å². The summed E-state index contributed by atoms with van der Waals surface area (Å²) in [6.07, 6.45) is 1.58. The number of alkyl halides is 1. The molecule has 0 bridgehead atoms. The lowest BCUT2D eigenvalue weighted by atomic mass is 9.81. The molecule has 1 aliphatic carbocycles. The van der Waals surface area contributed by atoms with Crippen molar-refractivity contribution in [2.75, 3.05) is 0 Å². The third-order valence-electron chi connectivity index (χ3n) is 4.43. The lowest BCUT2D eigenvalue weighted by Gasteiger charge is -2.38. The molecule has 24 heavy (non-hydrogen) atoms. The molecule has 1 aliphatic heterocycles. The molecule has 0 saturated heterocycles. The number of hydrogen-bond acceptors (Lipinski definition) is 7. The molecule has 0 fully saturated rings. The number of nitroso groups, excluding NO2 is 1. The Bertz CT molecular complexity index is 759. The van der Waals surface area contributed by atoms with Crippen molar-refractivity contribution in [2.45, 2.75) is 23.4 Å². The minimum atomic E-state index is -0.514. The van der Waals surface area contributed by atoms with Gasteiger partial charge in [0, 0.05) is 23.6 Å². The molecule has 0 spiro atoms. The summed E-state index contributed by atoms with van der Waals surface area (Å²) < 4.78 is 5.47. The Hall–Kier alpha value is -1.97. The van der Waals surface area contributed by atoms with E-state index >= 15 is 0 Å². The second kappa shape index (κ2) is 6.15. The Balaban J connectivity index is 1.98. The zero-order valence-electron chi connectivity index (χ0n) is 12.7. The van der Waals surface area contributed by atoms with Gasteiger partial charge in [0.15, 0.2) is 5.76 Å². The molecule has 1 aromatic carbocycles. The molecular weight excluding hydrogens is 429 g/mol. The molecule has 3 rings (SSSR count). The molecule has 0 radical (unpaired) electrons. The summed E-state index contributed by atoms with van der Waals surface area (Å²) in [5.74, 6) is -1.03. The average molecular weight is 445 g/mol. The molecule has 0 amide bonds. The van der Waals surface area contributed by atoms with Gasteiger partial charge < -0.3 is 25.2 Å². The van der Waals surface area contributed by atoms with Gasteiger partial charge in [-0.3, -0.25) is 0 Å². The maximum atomic E-state index is 10.9. The molecule has 128 valence electrons. The second-order valence-electron chi connectivity index (χ2n) is 6.06. The van der Waals surface area contributed by atoms with E-state index in [1.807, 2.05) is 29.5 Å². The van der Waals surface area contributed by atoms with Gasteiger partial charge in [-0.25, -0.2) is 0 Å². The van der Waals surface area contributed by atoms with Crippen LogP contribution < -0.4 is 4.74 Å². The zero-order chi connectivity index (χ0) is 17.6. The van der Waals surface area contributed by atoms with Gasteiger partial charge in [0.2, 0.25) is 0 Å². The minimum absolute atomic E-state index is 0.0313. The van der Waals surface area contributed by atoms with Crippen LogP contribution in [0.1, 0.15) is 12.5 Å². The average Bonchev–Trinajstić information content (AvgIpc) is 2.54. The van der Waals surface area contributed by atoms with Gasteiger partial charge in [-0.15, -0.1) is 4.91 Å². The van der Waals surface area contributed by atoms with Crippen molar-refractivity contribution in [3.05, 3.63) is 45.9 Å². The molecule has 4 N–H and O–H groups in total. The van der Waals surface area contributed by atoms with Gasteiger partial charge in [0.1, 0.15) is 34.8 Å². The fourth-order valence-electron chi connectivity index (χ4n) is 3.21. The van der Waals surface area contributed by atoms with E-state index in [-0.39, 0.29) is 28.9 Å². The topological polar surface area (TPSA) is 120 Å². The molecule has 2 aliphatic rings. The molecule has 0 aromatic heterocycles. The number of hydrogen-bond donors (Lipinski definition) is 4. The lowest BCUT2D eigenvalue weighted by molar-refractivity contribution is 0.0792. The first kappa shape index (κ1) is 16.9. The maximum absolute atomic E-state index is 10.9. The summed E-state index contributed by atoms with van der Waals surface area (Å²) >= 11 is 1.98. The van der Waals surface area contributed by atoms with Gasteiger partial charge in [-0.1, -0.05) is 29.5 Å². The first-order valence-electron chi connectivity index (χ1n) is 7.36. The molecular formula is C16H16INO6. The number of aliphatic hydroxyl groups excluding tert-OH is 2. The number of aliphatic hydroxyl groups is 2. The Morgan fingerprint density at radius 3 is 2.62 bits per heavy atom. The molecule has 1 aromatic rings. The van der Waals surface area contributed by atoms with E-state index in [1.54, 1.807) is 0 Å². The largest absolute Gasteiger partial charge is 0.508 e. The highest BCUT2D eigenvalue weighted by Crippen LogP contribution is 2.44. The first-order chi connectivity index (χ1) is 11.3. The number of benzene rings is 1. The third-order valence-corrected chi connectivity index (χ3v) is 5.85. The van der Waals surface area contributed by atoms with E-state index in [4.69, 9.17) is 4.74 Å². The van der Waals surface area contributed by atoms with Crippen LogP contribution in [0.2, 0.25) is 0 Å². The van der Waals surface area contributed by atoms with E-state index in [0.29, 0.717) is 17.7 Å². The van der Waals surface area contributed by atoms with Crippen LogP contribution in [0.15, 0.2) is 40.6 Å². The number of halogens is 1. The Morgan fingerprint density at radius 2 is 1.96 bits per heavy atom. The quantitative estimate of drug-likeness (QED) is 0.315. The highest BCUT2D eigenvalue weighted by atomic mass is 127. The van der Waals surface area contributed by atoms with E-state index in [1.165, 1.54) is 18.2 Å². The number of nitrogens with zero attached hydrogens (tertiary/aromatic N) is 1. The normalized spacial score (nSPS) is 29.5. The predicted molar refractivity (Wildman–Crippen MR) is 94.5 cm³/mol.